The summed E-state index contributed by atoms with van der Waals surface area (Å²) in [5.74, 6) is -0.644. The molecule has 1 saturated heterocycles. The zero-order valence-electron chi connectivity index (χ0n) is 12.9. The van der Waals surface area contributed by atoms with E-state index in [4.69, 9.17) is 0 Å². The second-order valence-corrected chi connectivity index (χ2v) is 5.97. The molecule has 6 heteroatoms. The number of hydrogen-bond donors (Lipinski definition) is 1. The fourth-order valence-corrected chi connectivity index (χ4v) is 2.92. The van der Waals surface area contributed by atoms with E-state index in [1.54, 1.807) is 4.68 Å². The van der Waals surface area contributed by atoms with E-state index in [1.807, 2.05) is 26.8 Å². The van der Waals surface area contributed by atoms with Gasteiger partial charge in [0, 0.05) is 25.2 Å². The molecule has 1 N–H and O–H groups in total. The first-order valence-electron chi connectivity index (χ1n) is 7.42. The number of rotatable bonds is 4. The monoisotopic (exact) mass is 293 g/mol. The van der Waals surface area contributed by atoms with Crippen molar-refractivity contribution in [1.29, 1.82) is 0 Å². The van der Waals surface area contributed by atoms with Crippen LogP contribution in [0, 0.1) is 19.8 Å². The van der Waals surface area contributed by atoms with Crippen LogP contribution in [0.25, 0.3) is 0 Å². The van der Waals surface area contributed by atoms with E-state index < -0.39 is 12.0 Å². The number of carboxylic acids is 1. The van der Waals surface area contributed by atoms with Crippen molar-refractivity contribution in [2.75, 3.05) is 6.54 Å². The number of aromatic nitrogens is 2. The molecule has 0 aliphatic carbocycles. The lowest BCUT2D eigenvalue weighted by Crippen LogP contribution is -2.50. The maximum Gasteiger partial charge on any atom is 0.326 e. The predicted molar refractivity (Wildman–Crippen MR) is 77.9 cm³/mol. The minimum atomic E-state index is -0.902. The molecule has 6 nitrogen and oxygen atoms in total. The van der Waals surface area contributed by atoms with Gasteiger partial charge in [-0.1, -0.05) is 6.92 Å². The van der Waals surface area contributed by atoms with Crippen LogP contribution in [0.1, 0.15) is 37.6 Å². The summed E-state index contributed by atoms with van der Waals surface area (Å²) in [6, 6.07) is 1.29. The summed E-state index contributed by atoms with van der Waals surface area (Å²) in [7, 11) is 0. The highest BCUT2D eigenvalue weighted by Crippen LogP contribution is 2.23. The number of hydrogen-bond acceptors (Lipinski definition) is 3. The van der Waals surface area contributed by atoms with Crippen LogP contribution < -0.4 is 0 Å². The Labute approximate surface area is 124 Å². The molecule has 1 amide bonds. The maximum atomic E-state index is 12.3. The average Bonchev–Trinajstić information content (AvgIpc) is 2.74. The Hall–Kier alpha value is -1.85. The van der Waals surface area contributed by atoms with E-state index in [1.165, 1.54) is 4.90 Å². The van der Waals surface area contributed by atoms with Gasteiger partial charge in [-0.05, 0) is 38.7 Å². The van der Waals surface area contributed by atoms with E-state index in [2.05, 4.69) is 5.10 Å². The summed E-state index contributed by atoms with van der Waals surface area (Å²) in [5, 5.41) is 13.6. The molecule has 0 radical (unpaired) electrons. The third-order valence-electron chi connectivity index (χ3n) is 4.11. The lowest BCUT2D eigenvalue weighted by atomic mass is 9.92. The molecule has 1 aliphatic heterocycles. The van der Waals surface area contributed by atoms with Crippen molar-refractivity contribution in [2.24, 2.45) is 5.92 Å². The molecule has 2 rings (SSSR count). The van der Waals surface area contributed by atoms with E-state index >= 15 is 0 Å². The normalized spacial score (nSPS) is 22.3. The van der Waals surface area contributed by atoms with Gasteiger partial charge in [0.25, 0.3) is 0 Å². The lowest BCUT2D eigenvalue weighted by Gasteiger charge is -2.36. The zero-order chi connectivity index (χ0) is 15.6. The minimum absolute atomic E-state index is 0.0955. The number of likely N-dealkylation sites (tertiary alicyclic amines) is 1. The molecule has 0 bridgehead atoms. The van der Waals surface area contributed by atoms with E-state index in [9.17, 15) is 14.7 Å². The van der Waals surface area contributed by atoms with Gasteiger partial charge in [0.2, 0.25) is 5.91 Å². The van der Waals surface area contributed by atoms with Crippen LogP contribution in [0.3, 0.4) is 0 Å². The van der Waals surface area contributed by atoms with Crippen LogP contribution in [0.5, 0.6) is 0 Å². The van der Waals surface area contributed by atoms with Gasteiger partial charge in [-0.2, -0.15) is 5.10 Å². The van der Waals surface area contributed by atoms with Crippen LogP contribution in [-0.2, 0) is 16.1 Å². The molecule has 1 aromatic rings. The number of carbonyl (C=O) groups excluding carboxylic acids is 1. The summed E-state index contributed by atoms with van der Waals surface area (Å²) in [6.07, 6.45) is 1.70. The van der Waals surface area contributed by atoms with Gasteiger partial charge in [0.15, 0.2) is 0 Å². The molecule has 2 atom stereocenters. The van der Waals surface area contributed by atoms with Crippen molar-refractivity contribution in [2.45, 2.75) is 52.6 Å². The first-order chi connectivity index (χ1) is 9.88. The molecule has 116 valence electrons. The van der Waals surface area contributed by atoms with E-state index in [0.29, 0.717) is 31.8 Å². The van der Waals surface area contributed by atoms with Crippen LogP contribution in [0.2, 0.25) is 0 Å². The number of nitrogens with zero attached hydrogens (tertiary/aromatic N) is 3. The zero-order valence-corrected chi connectivity index (χ0v) is 12.9. The van der Waals surface area contributed by atoms with Gasteiger partial charge >= 0.3 is 5.97 Å². The lowest BCUT2D eigenvalue weighted by molar-refractivity contribution is -0.153. The highest BCUT2D eigenvalue weighted by atomic mass is 16.4. The molecule has 1 fully saturated rings. The SMILES string of the molecule is Cc1cc(C)n(CCC(=O)N2CCC(C)CC2C(=O)O)n1. The second kappa shape index (κ2) is 6.28. The van der Waals surface area contributed by atoms with Crippen molar-refractivity contribution in [1.82, 2.24) is 14.7 Å². The number of aryl methyl sites for hydroxylation is 3. The third kappa shape index (κ3) is 3.62. The van der Waals surface area contributed by atoms with Crippen molar-refractivity contribution < 1.29 is 14.7 Å². The molecule has 2 unspecified atom stereocenters. The first kappa shape index (κ1) is 15.5. The molecule has 0 aromatic carbocycles. The van der Waals surface area contributed by atoms with Gasteiger partial charge in [-0.25, -0.2) is 4.79 Å². The Kier molecular flexibility index (Phi) is 4.65. The maximum absolute atomic E-state index is 12.3. The topological polar surface area (TPSA) is 75.4 Å². The van der Waals surface area contributed by atoms with Crippen LogP contribution in [0.4, 0.5) is 0 Å². The second-order valence-electron chi connectivity index (χ2n) is 5.97. The number of amides is 1. The molecular formula is C15H23N3O3. The molecule has 0 spiro atoms. The summed E-state index contributed by atoms with van der Waals surface area (Å²) in [5.41, 5.74) is 1.94. The average molecular weight is 293 g/mol. The highest BCUT2D eigenvalue weighted by molar-refractivity contribution is 5.83. The first-order valence-corrected chi connectivity index (χ1v) is 7.42. The molecular weight excluding hydrogens is 270 g/mol. The van der Waals surface area contributed by atoms with Crippen molar-refractivity contribution in [3.8, 4) is 0 Å². The Morgan fingerprint density at radius 2 is 2.14 bits per heavy atom. The Bertz CT molecular complexity index is 538. The van der Waals surface area contributed by atoms with Gasteiger partial charge in [0.05, 0.1) is 5.69 Å². The molecule has 1 aromatic heterocycles. The number of carbonyl (C=O) groups is 2. The van der Waals surface area contributed by atoms with Crippen molar-refractivity contribution >= 4 is 11.9 Å². The van der Waals surface area contributed by atoms with E-state index in [-0.39, 0.29) is 5.91 Å². The van der Waals surface area contributed by atoms with Gasteiger partial charge in [0.1, 0.15) is 6.04 Å². The Morgan fingerprint density at radius 1 is 1.43 bits per heavy atom. The molecule has 0 saturated carbocycles. The quantitative estimate of drug-likeness (QED) is 0.915. The fourth-order valence-electron chi connectivity index (χ4n) is 2.92. The van der Waals surface area contributed by atoms with Crippen LogP contribution >= 0.6 is 0 Å². The van der Waals surface area contributed by atoms with Gasteiger partial charge in [-0.3, -0.25) is 9.48 Å². The standard InChI is InChI=1S/C15H23N3O3/c1-10-4-6-17(13(8-10)15(20)21)14(19)5-7-18-12(3)9-11(2)16-18/h9-10,13H,4-8H2,1-3H3,(H,20,21). The minimum Gasteiger partial charge on any atom is -0.480 e. The molecule has 1 aliphatic rings. The summed E-state index contributed by atoms with van der Waals surface area (Å²) in [6.45, 7) is 6.93. The number of piperidine rings is 1. The summed E-state index contributed by atoms with van der Waals surface area (Å²) in [4.78, 5) is 25.2. The predicted octanol–water partition coefficient (Wildman–Crippen LogP) is 1.60. The summed E-state index contributed by atoms with van der Waals surface area (Å²) < 4.78 is 1.80. The molecule has 2 heterocycles. The van der Waals surface area contributed by atoms with Gasteiger partial charge in [-0.15, -0.1) is 0 Å². The van der Waals surface area contributed by atoms with E-state index in [0.717, 1.165) is 17.8 Å². The third-order valence-corrected chi connectivity index (χ3v) is 4.11. The Morgan fingerprint density at radius 3 is 2.71 bits per heavy atom. The van der Waals surface area contributed by atoms with Gasteiger partial charge < -0.3 is 10.0 Å². The van der Waals surface area contributed by atoms with Crippen LogP contribution in [0.15, 0.2) is 6.07 Å². The molecule has 21 heavy (non-hydrogen) atoms. The number of aliphatic carboxylic acids is 1. The Balaban J connectivity index is 1.98. The highest BCUT2D eigenvalue weighted by Gasteiger charge is 2.34. The summed E-state index contributed by atoms with van der Waals surface area (Å²) >= 11 is 0. The fraction of sp³-hybridized carbons (Fsp3) is 0.667. The van der Waals surface area contributed by atoms with Crippen molar-refractivity contribution in [3.63, 3.8) is 0 Å². The smallest absolute Gasteiger partial charge is 0.326 e. The van der Waals surface area contributed by atoms with Crippen molar-refractivity contribution in [3.05, 3.63) is 17.5 Å². The van der Waals surface area contributed by atoms with Crippen LogP contribution in [-0.4, -0.2) is 44.3 Å². The number of carboxylic acid groups (broad SMARTS) is 1. The largest absolute Gasteiger partial charge is 0.480 e.